The lowest BCUT2D eigenvalue weighted by Crippen LogP contribution is -2.44. The first-order valence-corrected chi connectivity index (χ1v) is 8.44. The normalized spacial score (nSPS) is 10.9. The highest BCUT2D eigenvalue weighted by Gasteiger charge is 2.19. The van der Waals surface area contributed by atoms with E-state index in [1.807, 2.05) is 5.32 Å². The summed E-state index contributed by atoms with van der Waals surface area (Å²) in [6.45, 7) is 1.69. The van der Waals surface area contributed by atoms with E-state index in [0.717, 1.165) is 0 Å². The number of hydrogen-bond donors (Lipinski definition) is 3. The van der Waals surface area contributed by atoms with Gasteiger partial charge < -0.3 is 5.73 Å². The maximum atomic E-state index is 12.9. The standard InChI is InChI=1S/C14H13FN4O3S2/c1-8-6-10(24(21,22)19-14(20)18-13(16)23)3-4-11(8)9-2-5-12(15)17-7-9/h2-7H,1H3,(H4,16,18,19,20,23). The molecule has 2 aromatic rings. The van der Waals surface area contributed by atoms with E-state index in [0.29, 0.717) is 16.7 Å². The number of nitrogens with zero attached hydrogens (tertiary/aromatic N) is 1. The number of nitrogens with one attached hydrogen (secondary N) is 2. The summed E-state index contributed by atoms with van der Waals surface area (Å²) >= 11 is 4.46. The monoisotopic (exact) mass is 368 g/mol. The van der Waals surface area contributed by atoms with Crippen molar-refractivity contribution in [1.82, 2.24) is 15.0 Å². The number of amides is 2. The smallest absolute Gasteiger partial charge is 0.334 e. The maximum absolute atomic E-state index is 12.9. The molecule has 0 atom stereocenters. The minimum Gasteiger partial charge on any atom is -0.376 e. The molecular weight excluding hydrogens is 355 g/mol. The summed E-state index contributed by atoms with van der Waals surface area (Å²) in [6.07, 6.45) is 1.35. The Morgan fingerprint density at radius 3 is 2.54 bits per heavy atom. The number of halogens is 1. The molecule has 0 radical (unpaired) electrons. The molecule has 1 aromatic heterocycles. The van der Waals surface area contributed by atoms with Crippen molar-refractivity contribution in [3.05, 3.63) is 48.0 Å². The number of carbonyl (C=O) groups excluding carboxylic acids is 1. The molecule has 4 N–H and O–H groups in total. The highest BCUT2D eigenvalue weighted by Crippen LogP contribution is 2.25. The number of urea groups is 1. The van der Waals surface area contributed by atoms with Gasteiger partial charge in [-0.3, -0.25) is 5.32 Å². The van der Waals surface area contributed by atoms with Gasteiger partial charge in [0.05, 0.1) is 4.90 Å². The Kier molecular flexibility index (Phi) is 5.10. The van der Waals surface area contributed by atoms with Crippen LogP contribution in [0, 0.1) is 12.9 Å². The SMILES string of the molecule is Cc1cc(S(=O)(=O)NC(=O)NC(N)=S)ccc1-c1ccc(F)nc1. The van der Waals surface area contributed by atoms with Gasteiger partial charge in [-0.05, 0) is 54.5 Å². The molecule has 7 nitrogen and oxygen atoms in total. The van der Waals surface area contributed by atoms with Crippen molar-refractivity contribution in [2.45, 2.75) is 11.8 Å². The van der Waals surface area contributed by atoms with E-state index in [-0.39, 0.29) is 10.0 Å². The minimum atomic E-state index is -4.09. The van der Waals surface area contributed by atoms with Crippen molar-refractivity contribution >= 4 is 33.4 Å². The summed E-state index contributed by atoms with van der Waals surface area (Å²) in [4.78, 5) is 14.9. The number of rotatable bonds is 3. The number of thiocarbonyl (C=S) groups is 1. The van der Waals surface area contributed by atoms with Gasteiger partial charge in [0.2, 0.25) is 5.95 Å². The predicted octanol–water partition coefficient (Wildman–Crippen LogP) is 1.43. The van der Waals surface area contributed by atoms with Crippen LogP contribution in [0.3, 0.4) is 0 Å². The maximum Gasteiger partial charge on any atom is 0.334 e. The molecule has 0 bridgehead atoms. The first kappa shape index (κ1) is 17.8. The molecule has 0 aliphatic rings. The number of pyridine rings is 1. The predicted molar refractivity (Wildman–Crippen MR) is 90.0 cm³/mol. The topological polar surface area (TPSA) is 114 Å². The van der Waals surface area contributed by atoms with Gasteiger partial charge >= 0.3 is 6.03 Å². The third kappa shape index (κ3) is 4.24. The van der Waals surface area contributed by atoms with Crippen molar-refractivity contribution < 1.29 is 17.6 Å². The van der Waals surface area contributed by atoms with E-state index in [9.17, 15) is 17.6 Å². The van der Waals surface area contributed by atoms with Gasteiger partial charge in [0.25, 0.3) is 10.0 Å². The molecule has 0 aliphatic heterocycles. The van der Waals surface area contributed by atoms with E-state index in [1.54, 1.807) is 17.7 Å². The van der Waals surface area contributed by atoms with E-state index in [1.165, 1.54) is 30.5 Å². The third-order valence-corrected chi connectivity index (χ3v) is 4.44. The number of aryl methyl sites for hydroxylation is 1. The number of aromatic nitrogens is 1. The molecule has 10 heteroatoms. The number of sulfonamides is 1. The molecule has 1 heterocycles. The van der Waals surface area contributed by atoms with Gasteiger partial charge in [-0.1, -0.05) is 6.07 Å². The Labute approximate surface area is 143 Å². The number of carbonyl (C=O) groups is 1. The molecule has 2 rings (SSSR count). The van der Waals surface area contributed by atoms with Crippen LogP contribution in [0.2, 0.25) is 0 Å². The third-order valence-electron chi connectivity index (χ3n) is 3.01. The first-order chi connectivity index (χ1) is 11.2. The average molecular weight is 368 g/mol. The van der Waals surface area contributed by atoms with Crippen LogP contribution in [0.1, 0.15) is 5.56 Å². The van der Waals surface area contributed by atoms with Crippen LogP contribution in [-0.2, 0) is 10.0 Å². The van der Waals surface area contributed by atoms with Crippen LogP contribution in [-0.4, -0.2) is 24.5 Å². The molecule has 126 valence electrons. The van der Waals surface area contributed by atoms with Crippen LogP contribution in [0.5, 0.6) is 0 Å². The lowest BCUT2D eigenvalue weighted by atomic mass is 10.0. The van der Waals surface area contributed by atoms with Gasteiger partial charge in [-0.25, -0.2) is 22.9 Å². The van der Waals surface area contributed by atoms with Gasteiger partial charge in [0.1, 0.15) is 0 Å². The van der Waals surface area contributed by atoms with Crippen LogP contribution < -0.4 is 15.8 Å². The number of benzene rings is 1. The molecule has 0 spiro atoms. The summed E-state index contributed by atoms with van der Waals surface area (Å²) in [7, 11) is -4.09. The van der Waals surface area contributed by atoms with Crippen LogP contribution in [0.25, 0.3) is 11.1 Å². The van der Waals surface area contributed by atoms with Crippen molar-refractivity contribution in [2.75, 3.05) is 0 Å². The quantitative estimate of drug-likeness (QED) is 0.558. The molecule has 24 heavy (non-hydrogen) atoms. The Balaban J connectivity index is 2.30. The van der Waals surface area contributed by atoms with E-state index < -0.39 is 22.0 Å². The van der Waals surface area contributed by atoms with Crippen molar-refractivity contribution in [2.24, 2.45) is 5.73 Å². The minimum absolute atomic E-state index is 0.114. The fourth-order valence-electron chi connectivity index (χ4n) is 1.98. The Bertz CT molecular complexity index is 899. The second-order valence-electron chi connectivity index (χ2n) is 4.77. The lowest BCUT2D eigenvalue weighted by Gasteiger charge is -2.11. The Hall–Kier alpha value is -2.59. The summed E-state index contributed by atoms with van der Waals surface area (Å²) < 4.78 is 39.0. The van der Waals surface area contributed by atoms with E-state index in [2.05, 4.69) is 17.2 Å². The second-order valence-corrected chi connectivity index (χ2v) is 6.89. The molecule has 0 aliphatic carbocycles. The molecule has 1 aromatic carbocycles. The van der Waals surface area contributed by atoms with Crippen LogP contribution in [0.15, 0.2) is 41.4 Å². The molecular formula is C14H13FN4O3S2. The Morgan fingerprint density at radius 2 is 2.00 bits per heavy atom. The van der Waals surface area contributed by atoms with Gasteiger partial charge in [0, 0.05) is 11.8 Å². The summed E-state index contributed by atoms with van der Waals surface area (Å²) in [6, 6.07) is 5.95. The van der Waals surface area contributed by atoms with E-state index in [4.69, 9.17) is 5.73 Å². The van der Waals surface area contributed by atoms with E-state index >= 15 is 0 Å². The first-order valence-electron chi connectivity index (χ1n) is 6.55. The zero-order chi connectivity index (χ0) is 17.9. The molecule has 0 fully saturated rings. The summed E-state index contributed by atoms with van der Waals surface area (Å²) in [5, 5.41) is 1.61. The highest BCUT2D eigenvalue weighted by atomic mass is 32.2. The van der Waals surface area contributed by atoms with Crippen molar-refractivity contribution in [3.63, 3.8) is 0 Å². The second kappa shape index (κ2) is 6.89. The highest BCUT2D eigenvalue weighted by molar-refractivity contribution is 7.90. The summed E-state index contributed by atoms with van der Waals surface area (Å²) in [5.74, 6) is -0.608. The Morgan fingerprint density at radius 1 is 1.29 bits per heavy atom. The van der Waals surface area contributed by atoms with Crippen molar-refractivity contribution in [1.29, 1.82) is 0 Å². The van der Waals surface area contributed by atoms with Gasteiger partial charge in [-0.15, -0.1) is 0 Å². The molecule has 0 unspecified atom stereocenters. The largest absolute Gasteiger partial charge is 0.376 e. The fourth-order valence-corrected chi connectivity index (χ4v) is 3.07. The summed E-state index contributed by atoms with van der Waals surface area (Å²) in [5.41, 5.74) is 7.04. The lowest BCUT2D eigenvalue weighted by molar-refractivity contribution is 0.250. The zero-order valence-corrected chi connectivity index (χ0v) is 14.0. The van der Waals surface area contributed by atoms with Crippen molar-refractivity contribution in [3.8, 4) is 11.1 Å². The zero-order valence-electron chi connectivity index (χ0n) is 12.4. The van der Waals surface area contributed by atoms with Gasteiger partial charge in [-0.2, -0.15) is 4.39 Å². The molecule has 0 saturated carbocycles. The fraction of sp³-hybridized carbons (Fsp3) is 0.0714. The molecule has 0 saturated heterocycles. The van der Waals surface area contributed by atoms with Crippen LogP contribution >= 0.6 is 12.2 Å². The van der Waals surface area contributed by atoms with Crippen LogP contribution in [0.4, 0.5) is 9.18 Å². The number of nitrogens with two attached hydrogens (primary N) is 1. The van der Waals surface area contributed by atoms with Gasteiger partial charge in [0.15, 0.2) is 5.11 Å². The number of hydrogen-bond acceptors (Lipinski definition) is 5. The molecule has 2 amide bonds. The average Bonchev–Trinajstić information content (AvgIpc) is 2.46.